The molecular formula is C23H24ClFN4O4S. The third kappa shape index (κ3) is 4.34. The van der Waals surface area contributed by atoms with Crippen molar-refractivity contribution in [3.8, 4) is 10.4 Å². The molecular weight excluding hydrogens is 483 g/mol. The Balaban J connectivity index is 1.40. The van der Waals surface area contributed by atoms with E-state index in [0.717, 1.165) is 43.4 Å². The zero-order chi connectivity index (χ0) is 23.8. The molecule has 1 N–H and O–H groups in total. The summed E-state index contributed by atoms with van der Waals surface area (Å²) < 4.78 is 20.3. The SMILES string of the molecule is O=C(NC(C(=O)N1C[C@H](Cl)[C@H]2OCC(=O)[C@H]21)C1CCCCC1)c1sc(-c2ccnnc2)cc1F. The van der Waals surface area contributed by atoms with Crippen molar-refractivity contribution >= 4 is 40.5 Å². The number of hydrogen-bond acceptors (Lipinski definition) is 7. The Morgan fingerprint density at radius 3 is 2.79 bits per heavy atom. The van der Waals surface area contributed by atoms with Gasteiger partial charge in [0.15, 0.2) is 5.78 Å². The summed E-state index contributed by atoms with van der Waals surface area (Å²) in [6.45, 7) is 0.100. The number of aromatic nitrogens is 2. The first kappa shape index (κ1) is 23.3. The van der Waals surface area contributed by atoms with Crippen molar-refractivity contribution in [2.45, 2.75) is 55.7 Å². The summed E-state index contributed by atoms with van der Waals surface area (Å²) in [4.78, 5) is 41.2. The minimum atomic E-state index is -0.864. The largest absolute Gasteiger partial charge is 0.366 e. The van der Waals surface area contributed by atoms with E-state index in [1.54, 1.807) is 6.07 Å². The Kier molecular flexibility index (Phi) is 6.63. The van der Waals surface area contributed by atoms with Crippen molar-refractivity contribution in [2.24, 2.45) is 5.92 Å². The molecule has 34 heavy (non-hydrogen) atoms. The van der Waals surface area contributed by atoms with Gasteiger partial charge in [-0.1, -0.05) is 19.3 Å². The van der Waals surface area contributed by atoms with Crippen LogP contribution >= 0.6 is 22.9 Å². The molecule has 3 fully saturated rings. The molecule has 2 aliphatic heterocycles. The van der Waals surface area contributed by atoms with Gasteiger partial charge in [-0.05, 0) is 30.9 Å². The fraction of sp³-hybridized carbons (Fsp3) is 0.522. The molecule has 2 saturated heterocycles. The standard InChI is InChI=1S/C23H24ClFN4O4S/c24-14-10-29(19-16(30)11-33-20(14)19)23(32)18(12-4-2-1-3-5-12)28-22(31)21-15(25)8-17(34-21)13-6-7-26-27-9-13/h6-9,12,14,18-20H,1-5,10-11H2,(H,28,31)/t14-,18?,19+,20+/m0/s1. The summed E-state index contributed by atoms with van der Waals surface area (Å²) in [5.74, 6) is -1.94. The fourth-order valence-corrected chi connectivity index (χ4v) is 6.45. The van der Waals surface area contributed by atoms with Crippen LogP contribution in [0.1, 0.15) is 41.8 Å². The maximum atomic E-state index is 14.8. The van der Waals surface area contributed by atoms with Crippen LogP contribution in [0.4, 0.5) is 4.39 Å². The first-order valence-corrected chi connectivity index (χ1v) is 12.7. The average Bonchev–Trinajstić information content (AvgIpc) is 3.53. The lowest BCUT2D eigenvalue weighted by molar-refractivity contribution is -0.139. The molecule has 2 aromatic heterocycles. The Labute approximate surface area is 204 Å². The van der Waals surface area contributed by atoms with Gasteiger partial charge in [0.05, 0.1) is 17.8 Å². The van der Waals surface area contributed by atoms with Crippen molar-refractivity contribution < 1.29 is 23.5 Å². The molecule has 0 aromatic carbocycles. The van der Waals surface area contributed by atoms with E-state index in [2.05, 4.69) is 15.5 Å². The number of rotatable bonds is 5. The van der Waals surface area contributed by atoms with Crippen LogP contribution in [0.2, 0.25) is 0 Å². The molecule has 8 nitrogen and oxygen atoms in total. The van der Waals surface area contributed by atoms with Gasteiger partial charge in [-0.25, -0.2) is 4.39 Å². The molecule has 180 valence electrons. The van der Waals surface area contributed by atoms with Gasteiger partial charge in [-0.2, -0.15) is 10.2 Å². The van der Waals surface area contributed by atoms with Gasteiger partial charge in [-0.3, -0.25) is 14.4 Å². The van der Waals surface area contributed by atoms with Gasteiger partial charge in [0.2, 0.25) is 5.91 Å². The normalized spacial score (nSPS) is 25.9. The van der Waals surface area contributed by atoms with E-state index in [9.17, 15) is 18.8 Å². The van der Waals surface area contributed by atoms with Crippen molar-refractivity contribution in [1.29, 1.82) is 0 Å². The topological polar surface area (TPSA) is 101 Å². The van der Waals surface area contributed by atoms with Crippen LogP contribution in [0.3, 0.4) is 0 Å². The highest BCUT2D eigenvalue weighted by atomic mass is 35.5. The quantitative estimate of drug-likeness (QED) is 0.626. The first-order chi connectivity index (χ1) is 16.4. The number of nitrogens with one attached hydrogen (secondary N) is 1. The van der Waals surface area contributed by atoms with Crippen LogP contribution in [0, 0.1) is 11.7 Å². The van der Waals surface area contributed by atoms with E-state index in [1.807, 2.05) is 0 Å². The molecule has 4 heterocycles. The zero-order valence-corrected chi connectivity index (χ0v) is 19.9. The molecule has 1 aliphatic carbocycles. The minimum Gasteiger partial charge on any atom is -0.366 e. The van der Waals surface area contributed by atoms with Crippen LogP contribution in [-0.2, 0) is 14.3 Å². The minimum absolute atomic E-state index is 0.0736. The molecule has 2 aromatic rings. The van der Waals surface area contributed by atoms with E-state index in [4.69, 9.17) is 16.3 Å². The van der Waals surface area contributed by atoms with Gasteiger partial charge in [0.25, 0.3) is 5.91 Å². The number of carbonyl (C=O) groups excluding carboxylic acids is 3. The molecule has 0 spiro atoms. The number of ether oxygens (including phenoxy) is 1. The fourth-order valence-electron chi connectivity index (χ4n) is 5.16. The zero-order valence-electron chi connectivity index (χ0n) is 18.3. The molecule has 2 amide bonds. The number of hydrogen-bond donors (Lipinski definition) is 1. The molecule has 5 rings (SSSR count). The third-order valence-corrected chi connectivity index (χ3v) is 8.39. The molecule has 0 radical (unpaired) electrons. The summed E-state index contributed by atoms with van der Waals surface area (Å²) in [5.41, 5.74) is 0.647. The summed E-state index contributed by atoms with van der Waals surface area (Å²) in [7, 11) is 0. The highest BCUT2D eigenvalue weighted by molar-refractivity contribution is 7.17. The van der Waals surface area contributed by atoms with Crippen LogP contribution in [0.15, 0.2) is 24.5 Å². The van der Waals surface area contributed by atoms with E-state index in [1.165, 1.54) is 23.4 Å². The molecule has 0 bridgehead atoms. The van der Waals surface area contributed by atoms with Gasteiger partial charge in [-0.15, -0.1) is 22.9 Å². The second kappa shape index (κ2) is 9.67. The molecule has 1 unspecified atom stereocenters. The number of nitrogens with zero attached hydrogens (tertiary/aromatic N) is 3. The van der Waals surface area contributed by atoms with Crippen molar-refractivity contribution in [3.05, 3.63) is 35.2 Å². The van der Waals surface area contributed by atoms with E-state index in [0.29, 0.717) is 10.4 Å². The number of alkyl halides is 1. The number of amides is 2. The lowest BCUT2D eigenvalue weighted by atomic mass is 9.83. The number of thiophene rings is 1. The average molecular weight is 507 g/mol. The molecule has 11 heteroatoms. The highest BCUT2D eigenvalue weighted by Crippen LogP contribution is 2.35. The van der Waals surface area contributed by atoms with Crippen molar-refractivity contribution in [3.63, 3.8) is 0 Å². The third-order valence-electron chi connectivity index (χ3n) is 6.84. The number of fused-ring (bicyclic) bond motifs is 1. The second-order valence-corrected chi connectivity index (χ2v) is 10.6. The number of ketones is 1. The summed E-state index contributed by atoms with van der Waals surface area (Å²) in [6, 6.07) is 1.37. The first-order valence-electron chi connectivity index (χ1n) is 11.4. The monoisotopic (exact) mass is 506 g/mol. The van der Waals surface area contributed by atoms with Crippen LogP contribution in [-0.4, -0.2) is 69.4 Å². The van der Waals surface area contributed by atoms with Crippen LogP contribution in [0.25, 0.3) is 10.4 Å². The van der Waals surface area contributed by atoms with E-state index in [-0.39, 0.29) is 35.6 Å². The summed E-state index contributed by atoms with van der Waals surface area (Å²) in [5, 5.41) is 9.83. The van der Waals surface area contributed by atoms with Crippen molar-refractivity contribution in [1.82, 2.24) is 20.4 Å². The van der Waals surface area contributed by atoms with Gasteiger partial charge in [0, 0.05) is 17.0 Å². The smallest absolute Gasteiger partial charge is 0.265 e. The highest BCUT2D eigenvalue weighted by Gasteiger charge is 2.53. The van der Waals surface area contributed by atoms with Crippen LogP contribution < -0.4 is 5.32 Å². The number of halogens is 2. The van der Waals surface area contributed by atoms with Crippen molar-refractivity contribution in [2.75, 3.05) is 13.2 Å². The Bertz CT molecular complexity index is 1090. The summed E-state index contributed by atoms with van der Waals surface area (Å²) >= 11 is 7.37. The second-order valence-electron chi connectivity index (χ2n) is 8.96. The molecule has 1 saturated carbocycles. The van der Waals surface area contributed by atoms with Gasteiger partial charge in [0.1, 0.15) is 35.5 Å². The number of carbonyl (C=O) groups is 3. The Morgan fingerprint density at radius 2 is 2.06 bits per heavy atom. The Morgan fingerprint density at radius 1 is 1.26 bits per heavy atom. The van der Waals surface area contributed by atoms with Gasteiger partial charge < -0.3 is 15.0 Å². The predicted molar refractivity (Wildman–Crippen MR) is 123 cm³/mol. The predicted octanol–water partition coefficient (Wildman–Crippen LogP) is 2.81. The van der Waals surface area contributed by atoms with E-state index < -0.39 is 35.3 Å². The maximum Gasteiger partial charge on any atom is 0.265 e. The van der Waals surface area contributed by atoms with Gasteiger partial charge >= 0.3 is 0 Å². The molecule has 3 aliphatic rings. The number of likely N-dealkylation sites (tertiary alicyclic amines) is 1. The van der Waals surface area contributed by atoms with E-state index >= 15 is 0 Å². The number of Topliss-reactive ketones (excluding diaryl/α,β-unsaturated/α-hetero) is 1. The molecule has 4 atom stereocenters. The van der Waals surface area contributed by atoms with Crippen LogP contribution in [0.5, 0.6) is 0 Å². The lowest BCUT2D eigenvalue weighted by Crippen LogP contribution is -2.55. The summed E-state index contributed by atoms with van der Waals surface area (Å²) in [6.07, 6.45) is 6.96. The lowest BCUT2D eigenvalue weighted by Gasteiger charge is -2.34. The maximum absolute atomic E-state index is 14.8. The Hall–Kier alpha value is -2.43.